The number of carbonyl (C=O) groups is 1. The number of benzene rings is 2. The molecule has 2 aromatic rings. The maximum Gasteiger partial charge on any atom is 0.166 e. The summed E-state index contributed by atoms with van der Waals surface area (Å²) in [5, 5.41) is 0. The average Bonchev–Trinajstić information content (AvgIpc) is 2.69. The van der Waals surface area contributed by atoms with Gasteiger partial charge in [0.25, 0.3) is 0 Å². The van der Waals surface area contributed by atoms with E-state index in [0.29, 0.717) is 11.6 Å². The van der Waals surface area contributed by atoms with Crippen molar-refractivity contribution in [3.63, 3.8) is 0 Å². The second kappa shape index (κ2) is 8.56. The number of nitrogens with zero attached hydrogens (tertiary/aromatic N) is 1. The van der Waals surface area contributed by atoms with E-state index >= 15 is 0 Å². The van der Waals surface area contributed by atoms with Crippen LogP contribution < -0.4 is 5.73 Å². The van der Waals surface area contributed by atoms with Crippen molar-refractivity contribution in [2.75, 3.05) is 13.1 Å². The number of likely N-dealkylation sites (tertiary alicyclic amines) is 1. The minimum Gasteiger partial charge on any atom is -0.324 e. The zero-order valence-electron chi connectivity index (χ0n) is 15.3. The summed E-state index contributed by atoms with van der Waals surface area (Å²) in [7, 11) is 0. The second-order valence-electron chi connectivity index (χ2n) is 7.28. The first-order valence-corrected chi connectivity index (χ1v) is 9.39. The van der Waals surface area contributed by atoms with Crippen LogP contribution in [0.4, 0.5) is 4.39 Å². The summed E-state index contributed by atoms with van der Waals surface area (Å²) >= 11 is 0. The first-order chi connectivity index (χ1) is 12.5. The maximum absolute atomic E-state index is 13.0. The molecule has 4 heteroatoms. The largest absolute Gasteiger partial charge is 0.324 e. The Morgan fingerprint density at radius 2 is 1.73 bits per heavy atom. The molecular formula is C22H27FN2O. The van der Waals surface area contributed by atoms with Gasteiger partial charge in [0.15, 0.2) is 5.78 Å². The lowest BCUT2D eigenvalue weighted by molar-refractivity contribution is 0.0790. The van der Waals surface area contributed by atoms with Crippen LogP contribution in [0, 0.1) is 11.7 Å². The van der Waals surface area contributed by atoms with Crippen LogP contribution in [0.1, 0.15) is 48.1 Å². The van der Waals surface area contributed by atoms with Gasteiger partial charge in [-0.15, -0.1) is 0 Å². The molecule has 0 radical (unpaired) electrons. The summed E-state index contributed by atoms with van der Waals surface area (Å²) in [6.45, 7) is 4.02. The Kier molecular flexibility index (Phi) is 6.17. The quantitative estimate of drug-likeness (QED) is 0.791. The molecule has 26 heavy (non-hydrogen) atoms. The van der Waals surface area contributed by atoms with Crippen LogP contribution in [0.3, 0.4) is 0 Å². The third-order valence-corrected chi connectivity index (χ3v) is 5.48. The highest BCUT2D eigenvalue weighted by Gasteiger charge is 2.28. The standard InChI is InChI=1S/C22H27FN2O/c1-16(15-21(24)17-5-3-2-4-6-17)25-13-11-19(12-14-25)22(26)18-7-9-20(23)10-8-18/h2-10,16,19,21H,11-15,24H2,1H3. The van der Waals surface area contributed by atoms with Crippen LogP contribution in [0.25, 0.3) is 0 Å². The molecule has 1 aliphatic rings. The molecule has 0 saturated carbocycles. The fourth-order valence-corrected chi connectivity index (χ4v) is 3.81. The Balaban J connectivity index is 1.51. The molecular weight excluding hydrogens is 327 g/mol. The maximum atomic E-state index is 13.0. The van der Waals surface area contributed by atoms with Gasteiger partial charge in [0, 0.05) is 23.6 Å². The van der Waals surface area contributed by atoms with Crippen molar-refractivity contribution in [3.8, 4) is 0 Å². The van der Waals surface area contributed by atoms with Gasteiger partial charge in [0.1, 0.15) is 5.82 Å². The monoisotopic (exact) mass is 354 g/mol. The fraction of sp³-hybridized carbons (Fsp3) is 0.409. The molecule has 1 heterocycles. The number of hydrogen-bond donors (Lipinski definition) is 1. The SMILES string of the molecule is CC(CC(N)c1ccccc1)N1CCC(C(=O)c2ccc(F)cc2)CC1. The van der Waals surface area contributed by atoms with E-state index in [1.807, 2.05) is 18.2 Å². The van der Waals surface area contributed by atoms with Crippen molar-refractivity contribution < 1.29 is 9.18 Å². The summed E-state index contributed by atoms with van der Waals surface area (Å²) in [6, 6.07) is 16.5. The van der Waals surface area contributed by atoms with E-state index in [2.05, 4.69) is 24.0 Å². The third kappa shape index (κ3) is 4.57. The van der Waals surface area contributed by atoms with Crippen LogP contribution in [0.2, 0.25) is 0 Å². The van der Waals surface area contributed by atoms with E-state index in [-0.39, 0.29) is 23.6 Å². The first-order valence-electron chi connectivity index (χ1n) is 9.39. The Bertz CT molecular complexity index is 709. The van der Waals surface area contributed by atoms with E-state index in [1.54, 1.807) is 12.1 Å². The van der Waals surface area contributed by atoms with Crippen LogP contribution in [0.15, 0.2) is 54.6 Å². The summed E-state index contributed by atoms with van der Waals surface area (Å²) < 4.78 is 13.0. The molecule has 1 fully saturated rings. The number of nitrogens with two attached hydrogens (primary N) is 1. The van der Waals surface area contributed by atoms with Gasteiger partial charge >= 0.3 is 0 Å². The van der Waals surface area contributed by atoms with E-state index in [4.69, 9.17) is 5.73 Å². The van der Waals surface area contributed by atoms with Gasteiger partial charge in [-0.25, -0.2) is 4.39 Å². The van der Waals surface area contributed by atoms with Crippen LogP contribution in [-0.2, 0) is 0 Å². The molecule has 2 atom stereocenters. The predicted molar refractivity (Wildman–Crippen MR) is 102 cm³/mol. The highest BCUT2D eigenvalue weighted by atomic mass is 19.1. The van der Waals surface area contributed by atoms with Crippen molar-refractivity contribution in [3.05, 3.63) is 71.5 Å². The number of piperidine rings is 1. The number of carbonyl (C=O) groups excluding carboxylic acids is 1. The van der Waals surface area contributed by atoms with Gasteiger partial charge in [-0.05, 0) is 69.1 Å². The number of Topliss-reactive ketones (excluding diaryl/α,β-unsaturated/α-hetero) is 1. The van der Waals surface area contributed by atoms with Crippen molar-refractivity contribution >= 4 is 5.78 Å². The molecule has 1 aliphatic heterocycles. The van der Waals surface area contributed by atoms with Gasteiger partial charge in [0.05, 0.1) is 0 Å². The van der Waals surface area contributed by atoms with Gasteiger partial charge in [-0.2, -0.15) is 0 Å². The molecule has 138 valence electrons. The predicted octanol–water partition coefficient (Wildman–Crippen LogP) is 4.20. The van der Waals surface area contributed by atoms with Crippen molar-refractivity contribution in [1.29, 1.82) is 0 Å². The molecule has 0 aliphatic carbocycles. The molecule has 3 rings (SSSR count). The van der Waals surface area contributed by atoms with E-state index in [9.17, 15) is 9.18 Å². The summed E-state index contributed by atoms with van der Waals surface area (Å²) in [6.07, 6.45) is 2.60. The topological polar surface area (TPSA) is 46.3 Å². The number of halogens is 1. The van der Waals surface area contributed by atoms with Crippen molar-refractivity contribution in [2.45, 2.75) is 38.3 Å². The summed E-state index contributed by atoms with van der Waals surface area (Å²) in [5.41, 5.74) is 8.14. The van der Waals surface area contributed by atoms with Crippen LogP contribution >= 0.6 is 0 Å². The van der Waals surface area contributed by atoms with Crippen molar-refractivity contribution in [1.82, 2.24) is 4.90 Å². The highest BCUT2D eigenvalue weighted by Crippen LogP contribution is 2.26. The number of rotatable bonds is 6. The normalized spacial score (nSPS) is 18.4. The minimum atomic E-state index is -0.306. The van der Waals surface area contributed by atoms with Crippen molar-refractivity contribution in [2.24, 2.45) is 11.7 Å². The van der Waals surface area contributed by atoms with E-state index in [0.717, 1.165) is 32.4 Å². The first kappa shape index (κ1) is 18.7. The van der Waals surface area contributed by atoms with Gasteiger partial charge in [0.2, 0.25) is 0 Å². The molecule has 1 saturated heterocycles. The van der Waals surface area contributed by atoms with Crippen LogP contribution in [0.5, 0.6) is 0 Å². The molecule has 0 spiro atoms. The van der Waals surface area contributed by atoms with Gasteiger partial charge < -0.3 is 10.6 Å². The highest BCUT2D eigenvalue weighted by molar-refractivity contribution is 5.97. The summed E-state index contributed by atoms with van der Waals surface area (Å²) in [4.78, 5) is 15.0. The lowest BCUT2D eigenvalue weighted by Gasteiger charge is -2.36. The van der Waals surface area contributed by atoms with Gasteiger partial charge in [-0.3, -0.25) is 4.79 Å². The Labute approximate surface area is 155 Å². The van der Waals surface area contributed by atoms with E-state index < -0.39 is 0 Å². The fourth-order valence-electron chi connectivity index (χ4n) is 3.81. The molecule has 0 bridgehead atoms. The molecule has 3 nitrogen and oxygen atoms in total. The van der Waals surface area contributed by atoms with Gasteiger partial charge in [-0.1, -0.05) is 30.3 Å². The third-order valence-electron chi connectivity index (χ3n) is 5.48. The zero-order chi connectivity index (χ0) is 18.5. The summed E-state index contributed by atoms with van der Waals surface area (Å²) in [5.74, 6) is -0.134. The Morgan fingerprint density at radius 1 is 1.12 bits per heavy atom. The number of hydrogen-bond acceptors (Lipinski definition) is 3. The lowest BCUT2D eigenvalue weighted by atomic mass is 9.88. The molecule has 2 aromatic carbocycles. The molecule has 2 unspecified atom stereocenters. The average molecular weight is 354 g/mol. The molecule has 2 N–H and O–H groups in total. The van der Waals surface area contributed by atoms with Crippen LogP contribution in [-0.4, -0.2) is 29.8 Å². The second-order valence-corrected chi connectivity index (χ2v) is 7.28. The smallest absolute Gasteiger partial charge is 0.166 e. The Morgan fingerprint density at radius 3 is 2.35 bits per heavy atom. The minimum absolute atomic E-state index is 0.0322. The van der Waals surface area contributed by atoms with E-state index in [1.165, 1.54) is 17.7 Å². The number of ketones is 1. The lowest BCUT2D eigenvalue weighted by Crippen LogP contribution is -2.42. The zero-order valence-corrected chi connectivity index (χ0v) is 15.3. The molecule has 0 amide bonds. The molecule has 0 aromatic heterocycles. The Hall–Kier alpha value is -2.04.